The molecule has 0 bridgehead atoms. The highest BCUT2D eigenvalue weighted by molar-refractivity contribution is 6.61. The average Bonchev–Trinajstić information content (AvgIpc) is 2.95. The van der Waals surface area contributed by atoms with Crippen LogP contribution >= 0.6 is 0 Å². The highest BCUT2D eigenvalue weighted by atomic mass is 16.7. The fourth-order valence-corrected chi connectivity index (χ4v) is 3.36. The Morgan fingerprint density at radius 2 is 1.75 bits per heavy atom. The first-order valence-electron chi connectivity index (χ1n) is 8.73. The fourth-order valence-electron chi connectivity index (χ4n) is 3.36. The van der Waals surface area contributed by atoms with Crippen molar-refractivity contribution in [3.05, 3.63) is 29.8 Å². The van der Waals surface area contributed by atoms with E-state index < -0.39 is 5.41 Å². The van der Waals surface area contributed by atoms with Crippen molar-refractivity contribution in [2.45, 2.75) is 51.2 Å². The van der Waals surface area contributed by atoms with Gasteiger partial charge in [-0.2, -0.15) is 0 Å². The fraction of sp³-hybridized carbons (Fsp3) is 0.611. The van der Waals surface area contributed by atoms with E-state index >= 15 is 0 Å². The van der Waals surface area contributed by atoms with Gasteiger partial charge in [-0.25, -0.2) is 0 Å². The lowest BCUT2D eigenvalue weighted by atomic mass is 9.72. The van der Waals surface area contributed by atoms with E-state index in [2.05, 4.69) is 0 Å². The lowest BCUT2D eigenvalue weighted by molar-refractivity contribution is -0.154. The van der Waals surface area contributed by atoms with Crippen LogP contribution in [0.4, 0.5) is 0 Å². The van der Waals surface area contributed by atoms with Gasteiger partial charge in [-0.3, -0.25) is 4.79 Å². The van der Waals surface area contributed by atoms with Gasteiger partial charge >= 0.3 is 13.1 Å². The molecule has 0 amide bonds. The Morgan fingerprint density at radius 1 is 1.17 bits per heavy atom. The molecule has 0 aromatic heterocycles. The molecule has 2 heterocycles. The number of carbonyl (C=O) groups excluding carboxylic acids is 1. The van der Waals surface area contributed by atoms with Crippen molar-refractivity contribution < 1.29 is 23.6 Å². The van der Waals surface area contributed by atoms with Crippen LogP contribution in [0.25, 0.3) is 0 Å². The van der Waals surface area contributed by atoms with Crippen LogP contribution in [0.2, 0.25) is 0 Å². The van der Waals surface area contributed by atoms with Crippen molar-refractivity contribution in [2.24, 2.45) is 0 Å². The first kappa shape index (κ1) is 17.5. The maximum atomic E-state index is 12.6. The Hall–Kier alpha value is -1.37. The predicted octanol–water partition coefficient (Wildman–Crippen LogP) is 1.82. The van der Waals surface area contributed by atoms with Crippen LogP contribution in [0.3, 0.4) is 0 Å². The zero-order chi connectivity index (χ0) is 17.2. The number of benzene rings is 1. The van der Waals surface area contributed by atoms with Gasteiger partial charge in [0.2, 0.25) is 0 Å². The van der Waals surface area contributed by atoms with Crippen molar-refractivity contribution in [2.75, 3.05) is 19.8 Å². The molecule has 2 unspecified atom stereocenters. The SMILES string of the molecule is CCOC(=O)C1(c2ccc(B3OC(C)C(C)O3)cc2)CCOCC1. The van der Waals surface area contributed by atoms with E-state index in [0.29, 0.717) is 32.7 Å². The Kier molecular flexibility index (Phi) is 5.28. The second kappa shape index (κ2) is 7.25. The Bertz CT molecular complexity index is 557. The lowest BCUT2D eigenvalue weighted by Crippen LogP contribution is -2.43. The molecule has 3 rings (SSSR count). The second-order valence-corrected chi connectivity index (χ2v) is 6.55. The van der Waals surface area contributed by atoms with E-state index in [1.165, 1.54) is 0 Å². The van der Waals surface area contributed by atoms with Gasteiger partial charge in [0.1, 0.15) is 0 Å². The first-order valence-corrected chi connectivity index (χ1v) is 8.73. The zero-order valence-electron chi connectivity index (χ0n) is 14.6. The summed E-state index contributed by atoms with van der Waals surface area (Å²) >= 11 is 0. The zero-order valence-corrected chi connectivity index (χ0v) is 14.6. The minimum absolute atomic E-state index is 0.0797. The van der Waals surface area contributed by atoms with Crippen LogP contribution in [0.1, 0.15) is 39.2 Å². The summed E-state index contributed by atoms with van der Waals surface area (Å²) in [5, 5.41) is 0. The molecule has 2 aliphatic heterocycles. The summed E-state index contributed by atoms with van der Waals surface area (Å²) in [6.07, 6.45) is 1.46. The van der Waals surface area contributed by atoms with Gasteiger partial charge in [0.15, 0.2) is 0 Å². The van der Waals surface area contributed by atoms with Crippen LogP contribution in [0.5, 0.6) is 0 Å². The molecule has 0 N–H and O–H groups in total. The van der Waals surface area contributed by atoms with E-state index in [1.54, 1.807) is 0 Å². The number of hydrogen-bond donors (Lipinski definition) is 0. The molecule has 1 aromatic rings. The number of hydrogen-bond acceptors (Lipinski definition) is 5. The van der Waals surface area contributed by atoms with Gasteiger partial charge in [-0.15, -0.1) is 0 Å². The van der Waals surface area contributed by atoms with Crippen molar-refractivity contribution in [1.29, 1.82) is 0 Å². The Labute approximate surface area is 143 Å². The molecule has 0 radical (unpaired) electrons. The molecule has 5 nitrogen and oxygen atoms in total. The summed E-state index contributed by atoms with van der Waals surface area (Å²) in [7, 11) is -0.336. The number of rotatable bonds is 4. The van der Waals surface area contributed by atoms with Crippen molar-refractivity contribution in [1.82, 2.24) is 0 Å². The van der Waals surface area contributed by atoms with Crippen molar-refractivity contribution in [3.8, 4) is 0 Å². The van der Waals surface area contributed by atoms with E-state index in [-0.39, 0.29) is 25.3 Å². The first-order chi connectivity index (χ1) is 11.6. The molecular formula is C18H25BO5. The monoisotopic (exact) mass is 332 g/mol. The second-order valence-electron chi connectivity index (χ2n) is 6.55. The molecule has 2 aliphatic rings. The molecule has 0 spiro atoms. The summed E-state index contributed by atoms with van der Waals surface area (Å²) in [6.45, 7) is 7.40. The molecule has 0 saturated carbocycles. The van der Waals surface area contributed by atoms with Gasteiger partial charge in [0.25, 0.3) is 0 Å². The number of esters is 1. The van der Waals surface area contributed by atoms with Crippen molar-refractivity contribution in [3.63, 3.8) is 0 Å². The van der Waals surface area contributed by atoms with Gasteiger partial charge in [-0.05, 0) is 44.6 Å². The number of carbonyl (C=O) groups is 1. The third kappa shape index (κ3) is 3.23. The largest absolute Gasteiger partial charge is 0.494 e. The highest BCUT2D eigenvalue weighted by Crippen LogP contribution is 2.36. The van der Waals surface area contributed by atoms with Gasteiger partial charge in [0.05, 0.1) is 24.2 Å². The standard InChI is InChI=1S/C18H25BO5/c1-4-22-17(20)18(9-11-21-12-10-18)15-5-7-16(8-6-15)19-23-13(2)14(3)24-19/h5-8,13-14H,4,9-12H2,1-3H3. The minimum Gasteiger partial charge on any atom is -0.465 e. The summed E-state index contributed by atoms with van der Waals surface area (Å²) in [5.41, 5.74) is 1.35. The normalized spacial score (nSPS) is 26.4. The molecule has 130 valence electrons. The van der Waals surface area contributed by atoms with E-state index in [4.69, 9.17) is 18.8 Å². The van der Waals surface area contributed by atoms with Crippen molar-refractivity contribution >= 4 is 18.6 Å². The van der Waals surface area contributed by atoms with Crippen LogP contribution in [0.15, 0.2) is 24.3 Å². The molecule has 1 aromatic carbocycles. The molecule has 2 saturated heterocycles. The Morgan fingerprint density at radius 3 is 2.29 bits per heavy atom. The van der Waals surface area contributed by atoms with Crippen LogP contribution < -0.4 is 5.46 Å². The van der Waals surface area contributed by atoms with Crippen LogP contribution in [-0.2, 0) is 29.0 Å². The predicted molar refractivity (Wildman–Crippen MR) is 91.3 cm³/mol. The summed E-state index contributed by atoms with van der Waals surface area (Å²) < 4.78 is 22.5. The highest BCUT2D eigenvalue weighted by Gasteiger charge is 2.43. The van der Waals surface area contributed by atoms with E-state index in [0.717, 1.165) is 11.0 Å². The lowest BCUT2D eigenvalue weighted by Gasteiger charge is -2.35. The molecule has 2 atom stereocenters. The smallest absolute Gasteiger partial charge is 0.465 e. The average molecular weight is 332 g/mol. The summed E-state index contributed by atoms with van der Waals surface area (Å²) in [4.78, 5) is 12.6. The van der Waals surface area contributed by atoms with Gasteiger partial charge in [-0.1, -0.05) is 24.3 Å². The van der Waals surface area contributed by atoms with Gasteiger partial charge < -0.3 is 18.8 Å². The minimum atomic E-state index is -0.606. The molecule has 24 heavy (non-hydrogen) atoms. The molecular weight excluding hydrogens is 307 g/mol. The van der Waals surface area contributed by atoms with Crippen LogP contribution in [0, 0.1) is 0 Å². The number of ether oxygens (including phenoxy) is 2. The third-order valence-corrected chi connectivity index (χ3v) is 5.09. The Balaban J connectivity index is 1.83. The topological polar surface area (TPSA) is 54.0 Å². The van der Waals surface area contributed by atoms with Crippen LogP contribution in [-0.4, -0.2) is 45.1 Å². The maximum absolute atomic E-state index is 12.6. The van der Waals surface area contributed by atoms with Gasteiger partial charge in [0, 0.05) is 13.2 Å². The molecule has 0 aliphatic carbocycles. The molecule has 2 fully saturated rings. The van der Waals surface area contributed by atoms with E-state index in [1.807, 2.05) is 45.0 Å². The quantitative estimate of drug-likeness (QED) is 0.622. The maximum Gasteiger partial charge on any atom is 0.494 e. The third-order valence-electron chi connectivity index (χ3n) is 5.09. The van der Waals surface area contributed by atoms with E-state index in [9.17, 15) is 4.79 Å². The molecule has 6 heteroatoms. The summed E-state index contributed by atoms with van der Waals surface area (Å²) in [5.74, 6) is -0.156. The summed E-state index contributed by atoms with van der Waals surface area (Å²) in [6, 6.07) is 7.97.